The second-order valence-corrected chi connectivity index (χ2v) is 7.09. The van der Waals surface area contributed by atoms with Crippen LogP contribution in [0, 0.1) is 0 Å². The van der Waals surface area contributed by atoms with Crippen LogP contribution in [0.3, 0.4) is 0 Å². The number of thioether (sulfide) groups is 1. The smallest absolute Gasteiger partial charge is 0.348 e. The number of rotatable bonds is 3. The zero-order valence-corrected chi connectivity index (χ0v) is 13.3. The third-order valence-electron chi connectivity index (χ3n) is 3.47. The molecule has 0 bridgehead atoms. The fraction of sp³-hybridized carbons (Fsp3) is 0.333. The van der Waals surface area contributed by atoms with Gasteiger partial charge in [-0.15, -0.1) is 0 Å². The third-order valence-corrected chi connectivity index (χ3v) is 5.74. The van der Waals surface area contributed by atoms with Crippen LogP contribution in [0.25, 0.3) is 11.3 Å². The molecule has 0 radical (unpaired) electrons. The van der Waals surface area contributed by atoms with Crippen molar-refractivity contribution in [2.45, 2.75) is 13.0 Å². The van der Waals surface area contributed by atoms with Gasteiger partial charge >= 0.3 is 5.97 Å². The maximum Gasteiger partial charge on any atom is 0.348 e. The number of aromatic carboxylic acids is 1. The summed E-state index contributed by atoms with van der Waals surface area (Å²) in [6.07, 6.45) is 0. The summed E-state index contributed by atoms with van der Waals surface area (Å²) in [5.74, 6) is 1.21. The van der Waals surface area contributed by atoms with E-state index in [-0.39, 0.29) is 0 Å². The molecule has 110 valence electrons. The fourth-order valence-corrected chi connectivity index (χ4v) is 4.45. The summed E-state index contributed by atoms with van der Waals surface area (Å²) >= 11 is 3.21. The van der Waals surface area contributed by atoms with Gasteiger partial charge < -0.3 is 10.0 Å². The molecule has 1 unspecified atom stereocenters. The summed E-state index contributed by atoms with van der Waals surface area (Å²) in [4.78, 5) is 18.7. The van der Waals surface area contributed by atoms with Crippen LogP contribution >= 0.6 is 23.1 Å². The van der Waals surface area contributed by atoms with Crippen LogP contribution in [-0.2, 0) is 0 Å². The highest BCUT2D eigenvalue weighted by Gasteiger charge is 2.26. The molecule has 6 heteroatoms. The van der Waals surface area contributed by atoms with Crippen molar-refractivity contribution in [3.63, 3.8) is 0 Å². The number of benzene rings is 1. The molecular formula is C15H16N2O2S2. The summed E-state index contributed by atoms with van der Waals surface area (Å²) in [7, 11) is 0. The van der Waals surface area contributed by atoms with Crippen molar-refractivity contribution in [3.8, 4) is 11.3 Å². The molecule has 0 spiro atoms. The molecule has 2 heterocycles. The molecule has 0 saturated carbocycles. The maximum absolute atomic E-state index is 11.5. The molecule has 1 fully saturated rings. The molecule has 3 rings (SSSR count). The van der Waals surface area contributed by atoms with E-state index in [1.165, 1.54) is 11.3 Å². The number of carboxylic acid groups (broad SMARTS) is 1. The molecule has 0 amide bonds. The number of hydrogen-bond acceptors (Lipinski definition) is 5. The highest BCUT2D eigenvalue weighted by Crippen LogP contribution is 2.35. The van der Waals surface area contributed by atoms with E-state index in [2.05, 4.69) is 16.8 Å². The minimum atomic E-state index is -0.906. The molecule has 1 saturated heterocycles. The van der Waals surface area contributed by atoms with E-state index >= 15 is 0 Å². The van der Waals surface area contributed by atoms with Crippen molar-refractivity contribution in [2.75, 3.05) is 23.0 Å². The van der Waals surface area contributed by atoms with Gasteiger partial charge in [-0.05, 0) is 6.92 Å². The lowest BCUT2D eigenvalue weighted by Crippen LogP contribution is -2.40. The first-order chi connectivity index (χ1) is 10.2. The van der Waals surface area contributed by atoms with E-state index in [0.717, 1.165) is 28.7 Å². The minimum Gasteiger partial charge on any atom is -0.477 e. The Labute approximate surface area is 131 Å². The Morgan fingerprint density at radius 1 is 1.38 bits per heavy atom. The van der Waals surface area contributed by atoms with E-state index in [4.69, 9.17) is 0 Å². The average molecular weight is 320 g/mol. The highest BCUT2D eigenvalue weighted by molar-refractivity contribution is 7.99. The van der Waals surface area contributed by atoms with Crippen LogP contribution in [0.1, 0.15) is 16.6 Å². The summed E-state index contributed by atoms with van der Waals surface area (Å²) in [6, 6.07) is 9.92. The van der Waals surface area contributed by atoms with Crippen molar-refractivity contribution in [3.05, 3.63) is 35.2 Å². The average Bonchev–Trinajstić information content (AvgIpc) is 2.94. The second-order valence-electron chi connectivity index (χ2n) is 4.96. The van der Waals surface area contributed by atoms with E-state index < -0.39 is 5.97 Å². The molecule has 4 nitrogen and oxygen atoms in total. The number of nitrogens with zero attached hydrogens (tertiary/aromatic N) is 2. The zero-order valence-electron chi connectivity index (χ0n) is 11.7. The van der Waals surface area contributed by atoms with Gasteiger partial charge in [0.25, 0.3) is 0 Å². The van der Waals surface area contributed by atoms with Crippen molar-refractivity contribution in [1.29, 1.82) is 0 Å². The number of anilines is 1. The second kappa shape index (κ2) is 6.07. The Morgan fingerprint density at radius 3 is 2.81 bits per heavy atom. The van der Waals surface area contributed by atoms with Crippen LogP contribution in [0.5, 0.6) is 0 Å². The van der Waals surface area contributed by atoms with Crippen molar-refractivity contribution >= 4 is 34.2 Å². The van der Waals surface area contributed by atoms with Crippen molar-refractivity contribution < 1.29 is 9.90 Å². The number of aromatic nitrogens is 1. The standard InChI is InChI=1S/C15H16N2O2S2/c1-10-9-20-8-7-17(10)15-16-12(13(21-15)14(18)19)11-5-3-2-4-6-11/h2-6,10H,7-9H2,1H3,(H,18,19). The molecule has 1 atom stereocenters. The summed E-state index contributed by atoms with van der Waals surface area (Å²) in [5, 5.41) is 10.3. The van der Waals surface area contributed by atoms with Gasteiger partial charge in [0.05, 0.1) is 5.69 Å². The van der Waals surface area contributed by atoms with Crippen LogP contribution < -0.4 is 4.90 Å². The molecule has 1 aliphatic heterocycles. The highest BCUT2D eigenvalue weighted by atomic mass is 32.2. The predicted octanol–water partition coefficient (Wildman–Crippen LogP) is 3.45. The summed E-state index contributed by atoms with van der Waals surface area (Å²) in [6.45, 7) is 3.09. The van der Waals surface area contributed by atoms with Gasteiger partial charge in [-0.2, -0.15) is 11.8 Å². The fourth-order valence-electron chi connectivity index (χ4n) is 2.38. The SMILES string of the molecule is CC1CSCCN1c1nc(-c2ccccc2)c(C(=O)O)s1. The Balaban J connectivity index is 2.02. The molecule has 0 aliphatic carbocycles. The van der Waals surface area contributed by atoms with Crippen LogP contribution in [-0.4, -0.2) is 40.2 Å². The normalized spacial score (nSPS) is 18.7. The van der Waals surface area contributed by atoms with Gasteiger partial charge in [0.2, 0.25) is 0 Å². The monoisotopic (exact) mass is 320 g/mol. The molecule has 1 aromatic heterocycles. The van der Waals surface area contributed by atoms with E-state index in [1.807, 2.05) is 42.1 Å². The lowest BCUT2D eigenvalue weighted by Gasteiger charge is -2.32. The number of hydrogen-bond donors (Lipinski definition) is 1. The quantitative estimate of drug-likeness (QED) is 0.939. The zero-order chi connectivity index (χ0) is 14.8. The van der Waals surface area contributed by atoms with Gasteiger partial charge in [-0.1, -0.05) is 41.7 Å². The summed E-state index contributed by atoms with van der Waals surface area (Å²) in [5.41, 5.74) is 1.44. The number of thiazole rings is 1. The minimum absolute atomic E-state index is 0.321. The molecule has 1 N–H and O–H groups in total. The van der Waals surface area contributed by atoms with E-state index in [1.54, 1.807) is 0 Å². The molecular weight excluding hydrogens is 304 g/mol. The Bertz CT molecular complexity index is 642. The van der Waals surface area contributed by atoms with Crippen LogP contribution in [0.4, 0.5) is 5.13 Å². The van der Waals surface area contributed by atoms with Gasteiger partial charge in [0.15, 0.2) is 5.13 Å². The molecule has 2 aromatic rings. The van der Waals surface area contributed by atoms with Crippen molar-refractivity contribution in [1.82, 2.24) is 4.98 Å². The predicted molar refractivity (Wildman–Crippen MR) is 88.6 cm³/mol. The Morgan fingerprint density at radius 2 is 2.14 bits per heavy atom. The van der Waals surface area contributed by atoms with Gasteiger partial charge in [0, 0.05) is 29.7 Å². The number of carbonyl (C=O) groups is 1. The van der Waals surface area contributed by atoms with E-state index in [9.17, 15) is 9.90 Å². The largest absolute Gasteiger partial charge is 0.477 e. The Hall–Kier alpha value is -1.53. The maximum atomic E-state index is 11.5. The third kappa shape index (κ3) is 2.91. The Kier molecular flexibility index (Phi) is 4.17. The van der Waals surface area contributed by atoms with Gasteiger partial charge in [0.1, 0.15) is 4.88 Å². The first-order valence-corrected chi connectivity index (χ1v) is 8.78. The molecule has 1 aromatic carbocycles. The summed E-state index contributed by atoms with van der Waals surface area (Å²) < 4.78 is 0. The van der Waals surface area contributed by atoms with Gasteiger partial charge in [-0.25, -0.2) is 9.78 Å². The van der Waals surface area contributed by atoms with Crippen LogP contribution in [0.15, 0.2) is 30.3 Å². The molecule has 1 aliphatic rings. The lowest BCUT2D eigenvalue weighted by atomic mass is 10.1. The van der Waals surface area contributed by atoms with Crippen molar-refractivity contribution in [2.24, 2.45) is 0 Å². The number of carboxylic acids is 1. The molecule has 21 heavy (non-hydrogen) atoms. The van der Waals surface area contributed by atoms with E-state index in [0.29, 0.717) is 16.6 Å². The van der Waals surface area contributed by atoms with Gasteiger partial charge in [-0.3, -0.25) is 0 Å². The topological polar surface area (TPSA) is 53.4 Å². The first kappa shape index (κ1) is 14.4. The lowest BCUT2D eigenvalue weighted by molar-refractivity contribution is 0.0702. The van der Waals surface area contributed by atoms with Crippen LogP contribution in [0.2, 0.25) is 0 Å². The first-order valence-electron chi connectivity index (χ1n) is 6.80.